The van der Waals surface area contributed by atoms with E-state index in [0.717, 1.165) is 10.0 Å². The van der Waals surface area contributed by atoms with Crippen LogP contribution in [-0.4, -0.2) is 29.1 Å². The molecule has 0 aliphatic rings. The van der Waals surface area contributed by atoms with E-state index in [1.54, 1.807) is 30.3 Å². The minimum atomic E-state index is -0.283. The van der Waals surface area contributed by atoms with E-state index in [2.05, 4.69) is 26.2 Å². The quantitative estimate of drug-likeness (QED) is 0.863. The van der Waals surface area contributed by atoms with Crippen LogP contribution in [0.3, 0.4) is 0 Å². The number of nitrogens with zero attached hydrogens (tertiary/aromatic N) is 2. The summed E-state index contributed by atoms with van der Waals surface area (Å²) in [7, 11) is 1.56. The topological polar surface area (TPSA) is 82.2 Å². The van der Waals surface area contributed by atoms with Crippen molar-refractivity contribution in [2.75, 3.05) is 19.0 Å². The Labute approximate surface area is 131 Å². The number of halogens is 1. The van der Waals surface area contributed by atoms with Crippen LogP contribution >= 0.6 is 15.9 Å². The van der Waals surface area contributed by atoms with Gasteiger partial charge < -0.3 is 20.4 Å². The maximum absolute atomic E-state index is 12.3. The first-order valence-corrected chi connectivity index (χ1v) is 7.21. The van der Waals surface area contributed by atoms with Crippen molar-refractivity contribution in [1.82, 2.24) is 9.55 Å². The molecule has 0 unspecified atom stereocenters. The summed E-state index contributed by atoms with van der Waals surface area (Å²) >= 11 is 3.40. The van der Waals surface area contributed by atoms with Gasteiger partial charge in [-0.05, 0) is 24.6 Å². The number of nitrogens with one attached hydrogen (secondary N) is 1. The lowest BCUT2D eigenvalue weighted by Crippen LogP contribution is -2.14. The first-order chi connectivity index (χ1) is 10.0. The SMILES string of the molecule is COc1cc(Br)cc(C)c1NC(=O)c1cn(CCN)cn1. The van der Waals surface area contributed by atoms with Gasteiger partial charge in [-0.15, -0.1) is 0 Å². The van der Waals surface area contributed by atoms with E-state index in [1.165, 1.54) is 0 Å². The summed E-state index contributed by atoms with van der Waals surface area (Å²) in [6.07, 6.45) is 3.26. The lowest BCUT2D eigenvalue weighted by atomic mass is 10.2. The lowest BCUT2D eigenvalue weighted by molar-refractivity contribution is 0.102. The molecular weight excluding hydrogens is 336 g/mol. The third kappa shape index (κ3) is 3.62. The molecule has 0 bridgehead atoms. The number of ether oxygens (including phenoxy) is 1. The Morgan fingerprint density at radius 3 is 2.95 bits per heavy atom. The van der Waals surface area contributed by atoms with Crippen molar-refractivity contribution >= 4 is 27.5 Å². The highest BCUT2D eigenvalue weighted by Gasteiger charge is 2.15. The van der Waals surface area contributed by atoms with Crippen LogP contribution in [0.4, 0.5) is 5.69 Å². The highest BCUT2D eigenvalue weighted by atomic mass is 79.9. The third-order valence-corrected chi connectivity index (χ3v) is 3.43. The summed E-state index contributed by atoms with van der Waals surface area (Å²) in [5.74, 6) is 0.311. The van der Waals surface area contributed by atoms with Gasteiger partial charge >= 0.3 is 0 Å². The number of rotatable bonds is 5. The molecule has 0 aliphatic heterocycles. The van der Waals surface area contributed by atoms with Crippen LogP contribution in [0.2, 0.25) is 0 Å². The molecule has 2 rings (SSSR count). The maximum Gasteiger partial charge on any atom is 0.275 e. The van der Waals surface area contributed by atoms with Crippen molar-refractivity contribution in [2.45, 2.75) is 13.5 Å². The van der Waals surface area contributed by atoms with Gasteiger partial charge in [0.15, 0.2) is 0 Å². The van der Waals surface area contributed by atoms with Gasteiger partial charge in [-0.3, -0.25) is 4.79 Å². The molecule has 1 aromatic heterocycles. The van der Waals surface area contributed by atoms with Crippen LogP contribution < -0.4 is 15.8 Å². The third-order valence-electron chi connectivity index (χ3n) is 2.98. The molecule has 0 atom stereocenters. The zero-order valence-corrected chi connectivity index (χ0v) is 13.5. The molecule has 3 N–H and O–H groups in total. The number of aryl methyl sites for hydroxylation is 1. The number of aromatic nitrogens is 2. The summed E-state index contributed by atoms with van der Waals surface area (Å²) in [5, 5.41) is 2.84. The smallest absolute Gasteiger partial charge is 0.275 e. The van der Waals surface area contributed by atoms with Crippen LogP contribution in [0.1, 0.15) is 16.1 Å². The Balaban J connectivity index is 2.22. The van der Waals surface area contributed by atoms with E-state index < -0.39 is 0 Å². The van der Waals surface area contributed by atoms with Crippen molar-refractivity contribution < 1.29 is 9.53 Å². The van der Waals surface area contributed by atoms with E-state index >= 15 is 0 Å². The highest BCUT2D eigenvalue weighted by molar-refractivity contribution is 9.10. The highest BCUT2D eigenvalue weighted by Crippen LogP contribution is 2.32. The largest absolute Gasteiger partial charge is 0.495 e. The number of carbonyl (C=O) groups excluding carboxylic acids is 1. The maximum atomic E-state index is 12.3. The number of imidazole rings is 1. The van der Waals surface area contributed by atoms with Gasteiger partial charge in [0.1, 0.15) is 11.4 Å². The minimum absolute atomic E-state index is 0.283. The van der Waals surface area contributed by atoms with E-state index in [9.17, 15) is 4.79 Å². The summed E-state index contributed by atoms with van der Waals surface area (Å²) in [6, 6.07) is 3.71. The fraction of sp³-hybridized carbons (Fsp3) is 0.286. The molecule has 0 spiro atoms. The molecule has 1 amide bonds. The predicted octanol–water partition coefficient (Wildman–Crippen LogP) is 2.17. The van der Waals surface area contributed by atoms with Crippen LogP contribution in [0.5, 0.6) is 5.75 Å². The molecule has 1 heterocycles. The second kappa shape index (κ2) is 6.73. The predicted molar refractivity (Wildman–Crippen MR) is 84.7 cm³/mol. The summed E-state index contributed by atoms with van der Waals surface area (Å²) in [6.45, 7) is 3.02. The molecule has 112 valence electrons. The fourth-order valence-corrected chi connectivity index (χ4v) is 2.51. The Morgan fingerprint density at radius 2 is 2.29 bits per heavy atom. The van der Waals surface area contributed by atoms with Gasteiger partial charge in [0.2, 0.25) is 0 Å². The van der Waals surface area contributed by atoms with E-state index in [0.29, 0.717) is 30.2 Å². The first kappa shape index (κ1) is 15.5. The summed E-state index contributed by atoms with van der Waals surface area (Å²) in [5.41, 5.74) is 7.35. The number of hydrogen-bond acceptors (Lipinski definition) is 4. The Hall–Kier alpha value is -1.86. The number of hydrogen-bond donors (Lipinski definition) is 2. The monoisotopic (exact) mass is 352 g/mol. The second-order valence-corrected chi connectivity index (χ2v) is 5.46. The number of methoxy groups -OCH3 is 1. The molecule has 2 aromatic rings. The molecule has 0 saturated heterocycles. The van der Waals surface area contributed by atoms with Gasteiger partial charge in [0.05, 0.1) is 19.1 Å². The molecule has 1 aromatic carbocycles. The number of anilines is 1. The molecule has 7 heteroatoms. The number of amides is 1. The fourth-order valence-electron chi connectivity index (χ4n) is 1.96. The zero-order valence-electron chi connectivity index (χ0n) is 11.9. The Kier molecular flexibility index (Phi) is 4.98. The van der Waals surface area contributed by atoms with Gasteiger partial charge in [-0.1, -0.05) is 15.9 Å². The molecule has 0 radical (unpaired) electrons. The summed E-state index contributed by atoms with van der Waals surface area (Å²) < 4.78 is 7.97. The van der Waals surface area contributed by atoms with Crippen LogP contribution in [0, 0.1) is 6.92 Å². The van der Waals surface area contributed by atoms with Crippen molar-refractivity contribution in [3.05, 3.63) is 40.4 Å². The van der Waals surface area contributed by atoms with Crippen molar-refractivity contribution in [3.8, 4) is 5.75 Å². The molecule has 0 saturated carbocycles. The van der Waals surface area contributed by atoms with E-state index in [4.69, 9.17) is 10.5 Å². The van der Waals surface area contributed by atoms with Crippen molar-refractivity contribution in [2.24, 2.45) is 5.73 Å². The number of benzene rings is 1. The molecule has 21 heavy (non-hydrogen) atoms. The average Bonchev–Trinajstić information content (AvgIpc) is 2.90. The standard InChI is InChI=1S/C14H17BrN4O2/c1-9-5-10(15)6-12(21-2)13(9)18-14(20)11-7-19(4-3-16)8-17-11/h5-8H,3-4,16H2,1-2H3,(H,18,20). The molecule has 6 nitrogen and oxygen atoms in total. The van der Waals surface area contributed by atoms with Crippen molar-refractivity contribution in [3.63, 3.8) is 0 Å². The Bertz CT molecular complexity index is 654. The van der Waals surface area contributed by atoms with Crippen LogP contribution in [-0.2, 0) is 6.54 Å². The normalized spacial score (nSPS) is 10.5. The van der Waals surface area contributed by atoms with E-state index in [-0.39, 0.29) is 5.91 Å². The molecule has 0 fully saturated rings. The minimum Gasteiger partial charge on any atom is -0.495 e. The first-order valence-electron chi connectivity index (χ1n) is 6.42. The van der Waals surface area contributed by atoms with E-state index in [1.807, 2.05) is 13.0 Å². The van der Waals surface area contributed by atoms with Gasteiger partial charge in [0, 0.05) is 23.8 Å². The summed E-state index contributed by atoms with van der Waals surface area (Å²) in [4.78, 5) is 16.3. The lowest BCUT2D eigenvalue weighted by Gasteiger charge is -2.13. The van der Waals surface area contributed by atoms with Crippen LogP contribution in [0.15, 0.2) is 29.1 Å². The van der Waals surface area contributed by atoms with Gasteiger partial charge in [-0.25, -0.2) is 4.98 Å². The molecule has 0 aliphatic carbocycles. The average molecular weight is 353 g/mol. The van der Waals surface area contributed by atoms with Gasteiger partial charge in [0.25, 0.3) is 5.91 Å². The number of carbonyl (C=O) groups is 1. The second-order valence-electron chi connectivity index (χ2n) is 4.54. The van der Waals surface area contributed by atoms with Crippen molar-refractivity contribution in [1.29, 1.82) is 0 Å². The zero-order chi connectivity index (χ0) is 15.4. The molecular formula is C14H17BrN4O2. The van der Waals surface area contributed by atoms with Gasteiger partial charge in [-0.2, -0.15) is 0 Å². The van der Waals surface area contributed by atoms with Crippen LogP contribution in [0.25, 0.3) is 0 Å². The Morgan fingerprint density at radius 1 is 1.52 bits per heavy atom. The number of nitrogens with two attached hydrogens (primary N) is 1.